The highest BCUT2D eigenvalue weighted by Gasteiger charge is 2.19. The van der Waals surface area contributed by atoms with Crippen molar-refractivity contribution in [3.63, 3.8) is 0 Å². The van der Waals surface area contributed by atoms with Gasteiger partial charge in [-0.15, -0.1) is 0 Å². The van der Waals surface area contributed by atoms with Gasteiger partial charge in [0.2, 0.25) is 0 Å². The Balaban J connectivity index is 2.37. The highest BCUT2D eigenvalue weighted by Crippen LogP contribution is 2.27. The quantitative estimate of drug-likeness (QED) is 0.515. The van der Waals surface area contributed by atoms with Crippen LogP contribution in [0.15, 0.2) is 42.5 Å². The second-order valence-electron chi connectivity index (χ2n) is 5.20. The number of carbonyl (C=O) groups excluding carboxylic acids is 1. The molecule has 0 radical (unpaired) electrons. The van der Waals surface area contributed by atoms with E-state index in [-0.39, 0.29) is 17.3 Å². The van der Waals surface area contributed by atoms with Crippen molar-refractivity contribution in [3.8, 4) is 0 Å². The van der Waals surface area contributed by atoms with E-state index in [1.165, 1.54) is 25.3 Å². The number of nitrogens with zero attached hydrogens (tertiary/aromatic N) is 1. The van der Waals surface area contributed by atoms with Crippen LogP contribution in [0.4, 0.5) is 11.4 Å². The zero-order valence-electron chi connectivity index (χ0n) is 13.2. The van der Waals surface area contributed by atoms with Crippen molar-refractivity contribution in [2.75, 3.05) is 12.4 Å². The molecule has 0 spiro atoms. The topological polar surface area (TPSA) is 81.5 Å². The molecule has 0 bridgehead atoms. The van der Waals surface area contributed by atoms with Crippen molar-refractivity contribution in [3.05, 3.63) is 69.3 Å². The van der Waals surface area contributed by atoms with Crippen molar-refractivity contribution in [2.45, 2.75) is 19.9 Å². The van der Waals surface area contributed by atoms with Gasteiger partial charge in [-0.25, -0.2) is 4.79 Å². The third-order valence-corrected chi connectivity index (χ3v) is 3.65. The molecule has 1 atom stereocenters. The van der Waals surface area contributed by atoms with Gasteiger partial charge < -0.3 is 10.1 Å². The summed E-state index contributed by atoms with van der Waals surface area (Å²) >= 11 is 0. The molecule has 23 heavy (non-hydrogen) atoms. The molecule has 0 aromatic heterocycles. The van der Waals surface area contributed by atoms with Crippen LogP contribution in [0.3, 0.4) is 0 Å². The zero-order valence-corrected chi connectivity index (χ0v) is 13.2. The largest absolute Gasteiger partial charge is 0.465 e. The Morgan fingerprint density at radius 3 is 2.57 bits per heavy atom. The monoisotopic (exact) mass is 314 g/mol. The van der Waals surface area contributed by atoms with Crippen molar-refractivity contribution in [1.29, 1.82) is 0 Å². The number of hydrogen-bond donors (Lipinski definition) is 1. The normalized spacial score (nSPS) is 11.6. The van der Waals surface area contributed by atoms with E-state index in [2.05, 4.69) is 5.32 Å². The van der Waals surface area contributed by atoms with Crippen LogP contribution in [0.2, 0.25) is 0 Å². The number of nitrogens with one attached hydrogen (secondary N) is 1. The molecule has 6 nitrogen and oxygen atoms in total. The van der Waals surface area contributed by atoms with Gasteiger partial charge >= 0.3 is 5.97 Å². The highest BCUT2D eigenvalue weighted by molar-refractivity contribution is 5.96. The van der Waals surface area contributed by atoms with Crippen molar-refractivity contribution in [2.24, 2.45) is 0 Å². The van der Waals surface area contributed by atoms with Crippen molar-refractivity contribution in [1.82, 2.24) is 0 Å². The Kier molecular flexibility index (Phi) is 4.95. The van der Waals surface area contributed by atoms with Gasteiger partial charge in [0.05, 0.1) is 17.6 Å². The first-order valence-electron chi connectivity index (χ1n) is 7.13. The summed E-state index contributed by atoms with van der Waals surface area (Å²) in [6, 6.07) is 11.9. The summed E-state index contributed by atoms with van der Waals surface area (Å²) in [5.74, 6) is -0.617. The Morgan fingerprint density at radius 2 is 1.96 bits per heavy atom. The van der Waals surface area contributed by atoms with E-state index < -0.39 is 10.9 Å². The Labute approximate surface area is 134 Å². The first-order chi connectivity index (χ1) is 10.9. The summed E-state index contributed by atoms with van der Waals surface area (Å²) in [4.78, 5) is 22.3. The van der Waals surface area contributed by atoms with E-state index in [4.69, 9.17) is 4.74 Å². The average Bonchev–Trinajstić information content (AvgIpc) is 2.54. The number of rotatable bonds is 5. The molecule has 0 aliphatic heterocycles. The van der Waals surface area contributed by atoms with E-state index in [1.54, 1.807) is 0 Å². The zero-order chi connectivity index (χ0) is 17.0. The Hall–Kier alpha value is -2.89. The fourth-order valence-corrected chi connectivity index (χ4v) is 2.43. The highest BCUT2D eigenvalue weighted by atomic mass is 16.6. The molecule has 0 saturated heterocycles. The van der Waals surface area contributed by atoms with Gasteiger partial charge in [0, 0.05) is 23.9 Å². The van der Waals surface area contributed by atoms with Crippen LogP contribution in [0.25, 0.3) is 0 Å². The first kappa shape index (κ1) is 16.5. The SMILES string of the molecule is COC(=O)c1cc([N+](=O)[O-])ccc1N[C@H](C)c1ccccc1C. The molecule has 2 aromatic carbocycles. The lowest BCUT2D eigenvalue weighted by molar-refractivity contribution is -0.384. The fraction of sp³-hybridized carbons (Fsp3) is 0.235. The lowest BCUT2D eigenvalue weighted by Crippen LogP contribution is -2.13. The smallest absolute Gasteiger partial charge is 0.340 e. The number of non-ortho nitro benzene ring substituents is 1. The number of hydrogen-bond acceptors (Lipinski definition) is 5. The van der Waals surface area contributed by atoms with Gasteiger partial charge in [-0.05, 0) is 31.0 Å². The number of nitro benzene ring substituents is 1. The fourth-order valence-electron chi connectivity index (χ4n) is 2.43. The summed E-state index contributed by atoms with van der Waals surface area (Å²) in [7, 11) is 1.25. The number of nitro groups is 1. The van der Waals surface area contributed by atoms with Crippen LogP contribution >= 0.6 is 0 Å². The number of esters is 1. The van der Waals surface area contributed by atoms with E-state index in [0.29, 0.717) is 5.69 Å². The minimum Gasteiger partial charge on any atom is -0.465 e. The van der Waals surface area contributed by atoms with Gasteiger partial charge in [0.1, 0.15) is 0 Å². The summed E-state index contributed by atoms with van der Waals surface area (Å²) in [5.41, 5.74) is 2.69. The Bertz CT molecular complexity index is 743. The molecule has 0 unspecified atom stereocenters. The molecular formula is C17H18N2O4. The van der Waals surface area contributed by atoms with Crippen LogP contribution in [-0.2, 0) is 4.74 Å². The van der Waals surface area contributed by atoms with Crippen LogP contribution in [-0.4, -0.2) is 18.0 Å². The number of anilines is 1. The molecule has 0 amide bonds. The van der Waals surface area contributed by atoms with Gasteiger partial charge in [-0.1, -0.05) is 24.3 Å². The van der Waals surface area contributed by atoms with Gasteiger partial charge in [0.25, 0.3) is 5.69 Å². The minimum atomic E-state index is -0.617. The number of aryl methyl sites for hydroxylation is 1. The van der Waals surface area contributed by atoms with Crippen molar-refractivity contribution < 1.29 is 14.5 Å². The molecule has 2 rings (SSSR count). The molecule has 0 aliphatic carbocycles. The molecule has 120 valence electrons. The van der Waals surface area contributed by atoms with Gasteiger partial charge in [-0.3, -0.25) is 10.1 Å². The van der Waals surface area contributed by atoms with E-state index >= 15 is 0 Å². The number of methoxy groups -OCH3 is 1. The predicted octanol–water partition coefficient (Wildman–Crippen LogP) is 3.86. The molecule has 0 aliphatic rings. The summed E-state index contributed by atoms with van der Waals surface area (Å²) < 4.78 is 4.72. The van der Waals surface area contributed by atoms with Crippen LogP contribution < -0.4 is 5.32 Å². The van der Waals surface area contributed by atoms with Crippen molar-refractivity contribution >= 4 is 17.3 Å². The minimum absolute atomic E-state index is 0.0685. The molecule has 1 N–H and O–H groups in total. The third-order valence-electron chi connectivity index (χ3n) is 3.65. The summed E-state index contributed by atoms with van der Waals surface area (Å²) in [6.45, 7) is 3.97. The average molecular weight is 314 g/mol. The van der Waals surface area contributed by atoms with Crippen LogP contribution in [0, 0.1) is 17.0 Å². The molecular weight excluding hydrogens is 296 g/mol. The second kappa shape index (κ2) is 6.91. The lowest BCUT2D eigenvalue weighted by atomic mass is 10.0. The molecule has 0 heterocycles. The molecule has 0 fully saturated rings. The van der Waals surface area contributed by atoms with E-state index in [0.717, 1.165) is 11.1 Å². The van der Waals surface area contributed by atoms with Crippen LogP contribution in [0.5, 0.6) is 0 Å². The predicted molar refractivity (Wildman–Crippen MR) is 87.7 cm³/mol. The maximum atomic E-state index is 11.9. The molecule has 2 aromatic rings. The molecule has 0 saturated carbocycles. The van der Waals surface area contributed by atoms with Crippen LogP contribution in [0.1, 0.15) is 34.5 Å². The summed E-state index contributed by atoms with van der Waals surface area (Å²) in [6.07, 6.45) is 0. The third kappa shape index (κ3) is 3.66. The number of carbonyl (C=O) groups is 1. The standard InChI is InChI=1S/C17H18N2O4/c1-11-6-4-5-7-14(11)12(2)18-16-9-8-13(19(21)22)10-15(16)17(20)23-3/h4-10,12,18H,1-3H3/t12-/m1/s1. The lowest BCUT2D eigenvalue weighted by Gasteiger charge is -2.19. The maximum Gasteiger partial charge on any atom is 0.340 e. The second-order valence-corrected chi connectivity index (χ2v) is 5.20. The first-order valence-corrected chi connectivity index (χ1v) is 7.13. The Morgan fingerprint density at radius 1 is 1.26 bits per heavy atom. The van der Waals surface area contributed by atoms with Gasteiger partial charge in [-0.2, -0.15) is 0 Å². The van der Waals surface area contributed by atoms with E-state index in [1.807, 2.05) is 38.1 Å². The summed E-state index contributed by atoms with van der Waals surface area (Å²) in [5, 5.41) is 14.1. The number of ether oxygens (including phenoxy) is 1. The van der Waals surface area contributed by atoms with E-state index in [9.17, 15) is 14.9 Å². The number of benzene rings is 2. The maximum absolute atomic E-state index is 11.9. The van der Waals surface area contributed by atoms with Gasteiger partial charge in [0.15, 0.2) is 0 Å². The molecule has 6 heteroatoms.